The fourth-order valence-corrected chi connectivity index (χ4v) is 3.47. The van der Waals surface area contributed by atoms with Crippen LogP contribution in [0.15, 0.2) is 12.1 Å². The number of ether oxygens (including phenoxy) is 1. The van der Waals surface area contributed by atoms with Crippen LogP contribution in [-0.2, 0) is 21.6 Å². The zero-order valence-electron chi connectivity index (χ0n) is 18.7. The summed E-state index contributed by atoms with van der Waals surface area (Å²) in [5, 5.41) is 7.35. The Bertz CT molecular complexity index is 942. The number of nitrogens with zero attached hydrogens (tertiary/aromatic N) is 3. The Morgan fingerprint density at radius 2 is 1.83 bits per heavy atom. The predicted molar refractivity (Wildman–Crippen MR) is 115 cm³/mol. The fourth-order valence-electron chi connectivity index (χ4n) is 3.47. The molecule has 2 rings (SSSR count). The lowest BCUT2D eigenvalue weighted by molar-refractivity contribution is -0.111. The highest BCUT2D eigenvalue weighted by atomic mass is 16.5. The maximum absolute atomic E-state index is 12.6. The molecule has 0 aliphatic heterocycles. The van der Waals surface area contributed by atoms with Crippen molar-refractivity contribution in [3.63, 3.8) is 0 Å². The van der Waals surface area contributed by atoms with Crippen molar-refractivity contribution in [2.45, 2.75) is 67.5 Å². The van der Waals surface area contributed by atoms with E-state index in [9.17, 15) is 9.59 Å². The summed E-state index contributed by atoms with van der Waals surface area (Å²) in [5.41, 5.74) is 3.54. The molecule has 158 valence electrons. The summed E-state index contributed by atoms with van der Waals surface area (Å²) in [7, 11) is 0. The van der Waals surface area contributed by atoms with Gasteiger partial charge in [0.1, 0.15) is 5.82 Å². The molecule has 0 saturated carbocycles. The number of aromatic nitrogens is 3. The summed E-state index contributed by atoms with van der Waals surface area (Å²) in [6.45, 7) is 16.6. The molecular formula is C22H32N4O3. The third-order valence-corrected chi connectivity index (χ3v) is 4.75. The number of rotatable bonds is 6. The number of hydrogen-bond donors (Lipinski definition) is 1. The van der Waals surface area contributed by atoms with Gasteiger partial charge in [0, 0.05) is 35.6 Å². The molecular weight excluding hydrogens is 368 g/mol. The van der Waals surface area contributed by atoms with E-state index in [-0.39, 0.29) is 17.4 Å². The van der Waals surface area contributed by atoms with Crippen LogP contribution in [0.5, 0.6) is 0 Å². The maximum atomic E-state index is 12.6. The lowest BCUT2D eigenvalue weighted by Crippen LogP contribution is -2.26. The molecule has 0 spiro atoms. The van der Waals surface area contributed by atoms with Crippen molar-refractivity contribution in [2.24, 2.45) is 0 Å². The van der Waals surface area contributed by atoms with Crippen molar-refractivity contribution in [1.82, 2.24) is 14.3 Å². The fraction of sp³-hybridized carbons (Fsp3) is 0.500. The predicted octanol–water partition coefficient (Wildman–Crippen LogP) is 4.21. The molecule has 2 aromatic heterocycles. The van der Waals surface area contributed by atoms with Gasteiger partial charge in [0.15, 0.2) is 0 Å². The lowest BCUT2D eigenvalue weighted by Gasteiger charge is -2.22. The first kappa shape index (κ1) is 22.5. The molecule has 2 aromatic rings. The molecule has 2 heterocycles. The van der Waals surface area contributed by atoms with E-state index in [2.05, 4.69) is 10.4 Å². The van der Waals surface area contributed by atoms with Gasteiger partial charge in [-0.05, 0) is 61.5 Å². The molecule has 1 N–H and O–H groups in total. The number of anilines is 1. The van der Waals surface area contributed by atoms with E-state index in [0.29, 0.717) is 23.6 Å². The van der Waals surface area contributed by atoms with E-state index in [1.54, 1.807) is 17.7 Å². The summed E-state index contributed by atoms with van der Waals surface area (Å²) in [4.78, 5) is 25.1. The second-order valence-electron chi connectivity index (χ2n) is 8.00. The van der Waals surface area contributed by atoms with Crippen molar-refractivity contribution in [3.05, 3.63) is 40.4 Å². The summed E-state index contributed by atoms with van der Waals surface area (Å²) < 4.78 is 9.06. The van der Waals surface area contributed by atoms with Crippen LogP contribution in [0.4, 0.5) is 5.82 Å². The van der Waals surface area contributed by atoms with Gasteiger partial charge in [0.25, 0.3) is 0 Å². The second-order valence-corrected chi connectivity index (χ2v) is 8.00. The average Bonchev–Trinajstić information content (AvgIpc) is 3.09. The van der Waals surface area contributed by atoms with Crippen molar-refractivity contribution < 1.29 is 14.3 Å². The van der Waals surface area contributed by atoms with Gasteiger partial charge in [0.2, 0.25) is 5.91 Å². The van der Waals surface area contributed by atoms with Crippen molar-refractivity contribution in [3.8, 4) is 0 Å². The molecule has 0 fully saturated rings. The zero-order valence-corrected chi connectivity index (χ0v) is 18.7. The Hall–Kier alpha value is -2.83. The number of carbonyl (C=O) groups excluding carboxylic acids is 2. The zero-order chi connectivity index (χ0) is 21.9. The van der Waals surface area contributed by atoms with Crippen LogP contribution in [0.2, 0.25) is 0 Å². The summed E-state index contributed by atoms with van der Waals surface area (Å²) in [6, 6.07) is 1.84. The topological polar surface area (TPSA) is 78.2 Å². The number of esters is 1. The normalized spacial score (nSPS) is 11.9. The summed E-state index contributed by atoms with van der Waals surface area (Å²) in [6.07, 6.45) is 3.13. The third-order valence-electron chi connectivity index (χ3n) is 4.75. The summed E-state index contributed by atoms with van der Waals surface area (Å²) in [5.74, 6) is -0.0254. The van der Waals surface area contributed by atoms with Gasteiger partial charge < -0.3 is 14.6 Å². The minimum atomic E-state index is -0.373. The number of aryl methyl sites for hydroxylation is 1. The number of amides is 1. The quantitative estimate of drug-likeness (QED) is 0.582. The molecule has 1 amide bonds. The Labute approximate surface area is 172 Å². The van der Waals surface area contributed by atoms with Gasteiger partial charge in [0.05, 0.1) is 23.4 Å². The molecule has 7 nitrogen and oxygen atoms in total. The van der Waals surface area contributed by atoms with E-state index in [1.807, 2.05) is 59.1 Å². The first-order valence-corrected chi connectivity index (χ1v) is 9.94. The Balaban J connectivity index is 2.35. The van der Waals surface area contributed by atoms with Crippen molar-refractivity contribution in [2.75, 3.05) is 11.9 Å². The average molecular weight is 401 g/mol. The lowest BCUT2D eigenvalue weighted by atomic mass is 10.1. The molecule has 0 atom stereocenters. The smallest absolute Gasteiger partial charge is 0.340 e. The van der Waals surface area contributed by atoms with Gasteiger partial charge in [-0.1, -0.05) is 0 Å². The van der Waals surface area contributed by atoms with E-state index < -0.39 is 0 Å². The first-order valence-electron chi connectivity index (χ1n) is 9.94. The minimum absolute atomic E-state index is 0.260. The molecule has 0 aliphatic carbocycles. The van der Waals surface area contributed by atoms with Crippen LogP contribution >= 0.6 is 0 Å². The molecule has 0 bridgehead atoms. The molecule has 0 unspecified atom stereocenters. The van der Waals surface area contributed by atoms with E-state index in [0.717, 1.165) is 23.6 Å². The largest absolute Gasteiger partial charge is 0.462 e. The van der Waals surface area contributed by atoms with Gasteiger partial charge in [-0.3, -0.25) is 4.79 Å². The van der Waals surface area contributed by atoms with E-state index in [4.69, 9.17) is 4.74 Å². The molecule has 0 aliphatic rings. The maximum Gasteiger partial charge on any atom is 0.340 e. The number of nitrogens with one attached hydrogen (secondary N) is 1. The summed E-state index contributed by atoms with van der Waals surface area (Å²) >= 11 is 0. The number of hydrogen-bond acceptors (Lipinski definition) is 4. The van der Waals surface area contributed by atoms with Crippen LogP contribution in [0.3, 0.4) is 0 Å². The monoisotopic (exact) mass is 400 g/mol. The van der Waals surface area contributed by atoms with E-state index in [1.165, 1.54) is 6.08 Å². The van der Waals surface area contributed by atoms with Crippen LogP contribution in [-0.4, -0.2) is 32.8 Å². The highest BCUT2D eigenvalue weighted by Gasteiger charge is 2.23. The van der Waals surface area contributed by atoms with Gasteiger partial charge in [-0.25, -0.2) is 9.48 Å². The molecule has 0 radical (unpaired) electrons. The Kier molecular flexibility index (Phi) is 6.72. The second kappa shape index (κ2) is 8.68. The van der Waals surface area contributed by atoms with Gasteiger partial charge in [-0.15, -0.1) is 0 Å². The van der Waals surface area contributed by atoms with Crippen LogP contribution in [0.25, 0.3) is 6.08 Å². The molecule has 29 heavy (non-hydrogen) atoms. The van der Waals surface area contributed by atoms with Crippen LogP contribution < -0.4 is 5.32 Å². The highest BCUT2D eigenvalue weighted by molar-refractivity contribution is 6.03. The van der Waals surface area contributed by atoms with Crippen LogP contribution in [0.1, 0.15) is 67.6 Å². The standard InChI is InChI=1S/C22H32N4O3/c1-9-25-15(4)17(20(16(25)5)21(28)29-10-2)11-12-19(27)23-18-13-14(3)24-26(18)22(6,7)8/h11-13H,9-10H2,1-8H3,(H,23,27)/b12-11+. The van der Waals surface area contributed by atoms with Gasteiger partial charge >= 0.3 is 5.97 Å². The number of carbonyl (C=O) groups is 2. The minimum Gasteiger partial charge on any atom is -0.462 e. The Morgan fingerprint density at radius 3 is 2.38 bits per heavy atom. The molecule has 7 heteroatoms. The van der Waals surface area contributed by atoms with Gasteiger partial charge in [-0.2, -0.15) is 5.10 Å². The molecule has 0 saturated heterocycles. The third kappa shape index (κ3) is 4.78. The highest BCUT2D eigenvalue weighted by Crippen LogP contribution is 2.25. The SMILES string of the molecule is CCOC(=O)c1c(/C=C/C(=O)Nc2cc(C)nn2C(C)(C)C)c(C)n(CC)c1C. The van der Waals surface area contributed by atoms with Crippen molar-refractivity contribution in [1.29, 1.82) is 0 Å². The van der Waals surface area contributed by atoms with E-state index >= 15 is 0 Å². The Morgan fingerprint density at radius 1 is 1.17 bits per heavy atom. The first-order chi connectivity index (χ1) is 13.5. The van der Waals surface area contributed by atoms with Crippen molar-refractivity contribution >= 4 is 23.8 Å². The van der Waals surface area contributed by atoms with Crippen LogP contribution in [0, 0.1) is 20.8 Å². The molecule has 0 aromatic carbocycles.